The Bertz CT molecular complexity index is 666. The first kappa shape index (κ1) is 16.7. The molecule has 7 heteroatoms. The maximum atomic E-state index is 12.6. The lowest BCUT2D eigenvalue weighted by Crippen LogP contribution is -2.28. The van der Waals surface area contributed by atoms with Gasteiger partial charge >= 0.3 is 6.61 Å². The number of hydrogen-bond acceptors (Lipinski definition) is 4. The smallest absolute Gasteiger partial charge is 0.387 e. The van der Waals surface area contributed by atoms with Gasteiger partial charge in [-0.25, -0.2) is 0 Å². The monoisotopic (exact) mass is 322 g/mol. The highest BCUT2D eigenvalue weighted by molar-refractivity contribution is 5.98. The molecular formula is C16H16F2N2O3. The van der Waals surface area contributed by atoms with Crippen molar-refractivity contribution in [3.05, 3.63) is 53.9 Å². The number of aromatic nitrogens is 1. The fourth-order valence-electron chi connectivity index (χ4n) is 2.05. The predicted octanol–water partition coefficient (Wildman–Crippen LogP) is 3.18. The molecule has 122 valence electrons. The van der Waals surface area contributed by atoms with Crippen molar-refractivity contribution >= 4 is 5.91 Å². The molecule has 2 aromatic rings. The van der Waals surface area contributed by atoms with Crippen molar-refractivity contribution in [1.82, 2.24) is 10.3 Å². The highest BCUT2D eigenvalue weighted by atomic mass is 19.3. The number of pyridine rings is 1. The fourth-order valence-corrected chi connectivity index (χ4v) is 2.05. The van der Waals surface area contributed by atoms with Crippen LogP contribution in [0.1, 0.15) is 29.0 Å². The van der Waals surface area contributed by atoms with E-state index < -0.39 is 18.6 Å². The molecule has 2 rings (SSSR count). The molecule has 5 nitrogen and oxygen atoms in total. The average molecular weight is 322 g/mol. The first-order valence-corrected chi connectivity index (χ1v) is 6.86. The molecule has 1 unspecified atom stereocenters. The van der Waals surface area contributed by atoms with Crippen molar-refractivity contribution in [2.24, 2.45) is 0 Å². The highest BCUT2D eigenvalue weighted by Crippen LogP contribution is 2.32. The number of carbonyl (C=O) groups excluding carboxylic acids is 1. The zero-order chi connectivity index (χ0) is 16.8. The highest BCUT2D eigenvalue weighted by Gasteiger charge is 2.21. The number of benzene rings is 1. The van der Waals surface area contributed by atoms with Gasteiger partial charge < -0.3 is 14.8 Å². The summed E-state index contributed by atoms with van der Waals surface area (Å²) in [7, 11) is 1.31. The van der Waals surface area contributed by atoms with Gasteiger partial charge in [0.05, 0.1) is 24.4 Å². The van der Waals surface area contributed by atoms with Crippen LogP contribution in [0.25, 0.3) is 0 Å². The third kappa shape index (κ3) is 4.15. The van der Waals surface area contributed by atoms with Gasteiger partial charge in [0.25, 0.3) is 5.91 Å². The molecule has 1 atom stereocenters. The van der Waals surface area contributed by atoms with Crippen LogP contribution in [0, 0.1) is 0 Å². The zero-order valence-electron chi connectivity index (χ0n) is 12.6. The van der Waals surface area contributed by atoms with E-state index in [9.17, 15) is 13.6 Å². The summed E-state index contributed by atoms with van der Waals surface area (Å²) in [5, 5.41) is 2.70. The molecule has 0 fully saturated rings. The number of ether oxygens (including phenoxy) is 2. The summed E-state index contributed by atoms with van der Waals surface area (Å²) in [6.45, 7) is -1.32. The van der Waals surface area contributed by atoms with E-state index in [2.05, 4.69) is 15.0 Å². The number of alkyl halides is 2. The molecule has 0 aliphatic carbocycles. The van der Waals surface area contributed by atoms with Crippen molar-refractivity contribution in [3.63, 3.8) is 0 Å². The van der Waals surface area contributed by atoms with E-state index in [0.29, 0.717) is 5.69 Å². The largest absolute Gasteiger partial charge is 0.493 e. The number of carbonyl (C=O) groups is 1. The van der Waals surface area contributed by atoms with Gasteiger partial charge in [-0.15, -0.1) is 0 Å². The number of nitrogens with zero attached hydrogens (tertiary/aromatic N) is 1. The summed E-state index contributed by atoms with van der Waals surface area (Å²) in [6, 6.07) is 9.27. The van der Waals surface area contributed by atoms with E-state index in [-0.39, 0.29) is 17.1 Å². The number of rotatable bonds is 6. The van der Waals surface area contributed by atoms with E-state index in [4.69, 9.17) is 4.74 Å². The van der Waals surface area contributed by atoms with Gasteiger partial charge in [0.2, 0.25) is 0 Å². The van der Waals surface area contributed by atoms with Crippen molar-refractivity contribution < 1.29 is 23.0 Å². The molecule has 1 aromatic heterocycles. The minimum absolute atomic E-state index is 0.0348. The summed E-state index contributed by atoms with van der Waals surface area (Å²) in [6.07, 6.45) is 1.61. The molecule has 0 radical (unpaired) electrons. The molecule has 1 N–H and O–H groups in total. The van der Waals surface area contributed by atoms with Crippen LogP contribution in [0.5, 0.6) is 11.5 Å². The van der Waals surface area contributed by atoms with Gasteiger partial charge in [-0.05, 0) is 31.2 Å². The Morgan fingerprint density at radius 1 is 1.22 bits per heavy atom. The first-order chi connectivity index (χ1) is 11.0. The van der Waals surface area contributed by atoms with Gasteiger partial charge in [-0.2, -0.15) is 8.78 Å². The molecule has 0 spiro atoms. The molecular weight excluding hydrogens is 306 g/mol. The maximum absolute atomic E-state index is 12.6. The number of para-hydroxylation sites is 1. The Kier molecular flexibility index (Phi) is 5.46. The van der Waals surface area contributed by atoms with Crippen molar-refractivity contribution in [2.75, 3.05) is 7.11 Å². The second-order valence-corrected chi connectivity index (χ2v) is 4.67. The normalized spacial score (nSPS) is 11.9. The minimum Gasteiger partial charge on any atom is -0.493 e. The SMILES string of the molecule is COc1cccc(C(=O)NC(C)c2ccccn2)c1OC(F)F. The van der Waals surface area contributed by atoms with E-state index in [1.807, 2.05) is 0 Å². The van der Waals surface area contributed by atoms with Crippen molar-refractivity contribution in [3.8, 4) is 11.5 Å². The van der Waals surface area contributed by atoms with Gasteiger partial charge in [-0.3, -0.25) is 9.78 Å². The van der Waals surface area contributed by atoms with Crippen LogP contribution >= 0.6 is 0 Å². The van der Waals surface area contributed by atoms with Gasteiger partial charge in [0.1, 0.15) is 0 Å². The number of halogens is 2. The standard InChI is InChI=1S/C16H16F2N2O3/c1-10(12-7-3-4-9-19-12)20-15(21)11-6-5-8-13(22-2)14(11)23-16(17)18/h3-10,16H,1-2H3,(H,20,21). The van der Waals surface area contributed by atoms with E-state index in [1.165, 1.54) is 25.3 Å². The van der Waals surface area contributed by atoms with Crippen LogP contribution in [0.2, 0.25) is 0 Å². The second kappa shape index (κ2) is 7.53. The topological polar surface area (TPSA) is 60.5 Å². The molecule has 0 saturated heterocycles. The molecule has 1 heterocycles. The molecule has 1 amide bonds. The third-order valence-electron chi connectivity index (χ3n) is 3.13. The molecule has 1 aromatic carbocycles. The molecule has 0 bridgehead atoms. The summed E-state index contributed by atoms with van der Waals surface area (Å²) in [4.78, 5) is 16.5. The van der Waals surface area contributed by atoms with Crippen molar-refractivity contribution in [1.29, 1.82) is 0 Å². The summed E-state index contributed by atoms with van der Waals surface area (Å²) >= 11 is 0. The van der Waals surface area contributed by atoms with Gasteiger partial charge in [0, 0.05) is 6.20 Å². The minimum atomic E-state index is -3.06. The average Bonchev–Trinajstić information content (AvgIpc) is 2.55. The van der Waals surface area contributed by atoms with E-state index in [1.54, 1.807) is 31.3 Å². The second-order valence-electron chi connectivity index (χ2n) is 4.67. The summed E-state index contributed by atoms with van der Waals surface area (Å²) in [5.74, 6) is -0.795. The lowest BCUT2D eigenvalue weighted by molar-refractivity contribution is -0.0515. The summed E-state index contributed by atoms with van der Waals surface area (Å²) in [5.41, 5.74) is 0.618. The predicted molar refractivity (Wildman–Crippen MR) is 79.7 cm³/mol. The van der Waals surface area contributed by atoms with E-state index in [0.717, 1.165) is 0 Å². The number of nitrogens with one attached hydrogen (secondary N) is 1. The first-order valence-electron chi connectivity index (χ1n) is 6.86. The lowest BCUT2D eigenvalue weighted by Gasteiger charge is -2.17. The molecule has 0 aliphatic heterocycles. The Morgan fingerprint density at radius 3 is 2.61 bits per heavy atom. The quantitative estimate of drug-likeness (QED) is 0.887. The van der Waals surface area contributed by atoms with Crippen LogP contribution in [0.3, 0.4) is 0 Å². The lowest BCUT2D eigenvalue weighted by atomic mass is 10.1. The van der Waals surface area contributed by atoms with Gasteiger partial charge in [0.15, 0.2) is 11.5 Å². The Labute approximate surface area is 132 Å². The number of amides is 1. The van der Waals surface area contributed by atoms with Crippen LogP contribution in [0.15, 0.2) is 42.6 Å². The molecule has 0 aliphatic rings. The van der Waals surface area contributed by atoms with Crippen molar-refractivity contribution in [2.45, 2.75) is 19.6 Å². The number of hydrogen-bond donors (Lipinski definition) is 1. The molecule has 0 saturated carbocycles. The van der Waals surface area contributed by atoms with Crippen LogP contribution in [-0.2, 0) is 0 Å². The van der Waals surface area contributed by atoms with Crippen LogP contribution < -0.4 is 14.8 Å². The Hall–Kier alpha value is -2.70. The number of methoxy groups -OCH3 is 1. The van der Waals surface area contributed by atoms with Gasteiger partial charge in [-0.1, -0.05) is 12.1 Å². The summed E-state index contributed by atoms with van der Waals surface area (Å²) < 4.78 is 34.6. The van der Waals surface area contributed by atoms with Crippen LogP contribution in [-0.4, -0.2) is 24.6 Å². The zero-order valence-corrected chi connectivity index (χ0v) is 12.6. The van der Waals surface area contributed by atoms with E-state index >= 15 is 0 Å². The Balaban J connectivity index is 2.25. The molecule has 23 heavy (non-hydrogen) atoms. The third-order valence-corrected chi connectivity index (χ3v) is 3.13. The fraction of sp³-hybridized carbons (Fsp3) is 0.250. The van der Waals surface area contributed by atoms with Crippen LogP contribution in [0.4, 0.5) is 8.78 Å². The maximum Gasteiger partial charge on any atom is 0.387 e. The Morgan fingerprint density at radius 2 is 2.00 bits per heavy atom.